The van der Waals surface area contributed by atoms with E-state index >= 15 is 0 Å². The molecule has 0 radical (unpaired) electrons. The fraction of sp³-hybridized carbons (Fsp3) is 0.750. The topological polar surface area (TPSA) is 18.5 Å². The fourth-order valence-corrected chi connectivity index (χ4v) is 31.3. The maximum absolute atomic E-state index is 7.35. The van der Waals surface area contributed by atoms with Gasteiger partial charge in [-0.15, -0.1) is 0 Å². The van der Waals surface area contributed by atoms with E-state index in [2.05, 4.69) is 93.0 Å². The molecule has 0 bridgehead atoms. The molecule has 2 nitrogen and oxygen atoms in total. The van der Waals surface area contributed by atoms with Gasteiger partial charge in [0.15, 0.2) is 0 Å². The standard InChI is InChI=1S/2C15H25OSi.C2H7Si.2ClH.Zr/c2*1-15(2,3)17(4,5)16-14-10-12-8-6-7-9-13(12)11-14;1-3-2;;;/h2*10-11H,6-9H2,1-5H3;3H,1-2H3;2*1H;/q;;;;;+2/p-2. The third-order valence-electron chi connectivity index (χ3n) is 10.7. The van der Waals surface area contributed by atoms with Gasteiger partial charge >= 0.3 is 248 Å². The van der Waals surface area contributed by atoms with Crippen molar-refractivity contribution in [2.75, 3.05) is 0 Å². The summed E-state index contributed by atoms with van der Waals surface area (Å²) in [5.74, 6) is 1.95. The second-order valence-electron chi connectivity index (χ2n) is 15.9. The van der Waals surface area contributed by atoms with Gasteiger partial charge in [0.05, 0.1) is 0 Å². The maximum atomic E-state index is 7.35. The first kappa shape index (κ1) is 36.9. The van der Waals surface area contributed by atoms with Crippen LogP contribution in [0, 0.1) is 0 Å². The summed E-state index contributed by atoms with van der Waals surface area (Å²) in [6, 6.07) is 0. The first-order valence-corrected chi connectivity index (χ1v) is 31.4. The van der Waals surface area contributed by atoms with Gasteiger partial charge in [0.2, 0.25) is 0 Å². The molecular weight excluding hydrogens is 663 g/mol. The summed E-state index contributed by atoms with van der Waals surface area (Å²) in [6.45, 7) is 29.6. The van der Waals surface area contributed by atoms with Crippen LogP contribution in [-0.2, 0) is 29.8 Å². The van der Waals surface area contributed by atoms with Crippen LogP contribution in [0.15, 0.2) is 46.0 Å². The predicted octanol–water partition coefficient (Wildman–Crippen LogP) is 4.75. The van der Waals surface area contributed by atoms with Crippen LogP contribution in [0.1, 0.15) is 92.9 Å². The van der Waals surface area contributed by atoms with Crippen LogP contribution in [0.5, 0.6) is 0 Å². The Morgan fingerprint density at radius 1 is 0.650 bits per heavy atom. The van der Waals surface area contributed by atoms with E-state index in [0.29, 0.717) is 7.25 Å². The molecule has 0 saturated carbocycles. The van der Waals surface area contributed by atoms with Gasteiger partial charge in [-0.1, -0.05) is 0 Å². The molecular formula is C32H57Cl2O2Si3Zr. The summed E-state index contributed by atoms with van der Waals surface area (Å²) in [6.07, 6.45) is 15.8. The Hall–Kier alpha value is 0.674. The van der Waals surface area contributed by atoms with Crippen molar-refractivity contribution in [3.63, 3.8) is 0 Å². The molecule has 0 amide bonds. The van der Waals surface area contributed by atoms with Crippen molar-refractivity contribution >= 4 is 22.6 Å². The zero-order valence-corrected chi connectivity index (χ0v) is 34.7. The van der Waals surface area contributed by atoms with Crippen molar-refractivity contribution in [1.82, 2.24) is 0 Å². The maximum Gasteiger partial charge on any atom is -1.00 e. The van der Waals surface area contributed by atoms with Gasteiger partial charge in [0.1, 0.15) is 0 Å². The minimum absolute atomic E-state index is 0. The summed E-state index contributed by atoms with van der Waals surface area (Å²) in [4.78, 5) is 0. The second-order valence-corrected chi connectivity index (χ2v) is 45.4. The average molecular weight is 720 g/mol. The monoisotopic (exact) mass is 717 g/mol. The number of hydrogen-bond donors (Lipinski definition) is 0. The van der Waals surface area contributed by atoms with Crippen LogP contribution >= 0.6 is 0 Å². The van der Waals surface area contributed by atoms with E-state index in [1.54, 1.807) is 11.1 Å². The zero-order chi connectivity index (χ0) is 28.3. The largest absolute Gasteiger partial charge is 1.00 e. The summed E-state index contributed by atoms with van der Waals surface area (Å²) < 4.78 is 16.0. The van der Waals surface area contributed by atoms with Crippen LogP contribution in [0.2, 0.25) is 56.6 Å². The second kappa shape index (κ2) is 13.3. The Balaban J connectivity index is 0.00000280. The van der Waals surface area contributed by atoms with Crippen molar-refractivity contribution in [2.45, 2.75) is 150 Å². The van der Waals surface area contributed by atoms with Gasteiger partial charge in [-0.2, -0.15) is 0 Å². The summed E-state index contributed by atoms with van der Waals surface area (Å²) in [7, 11) is -3.82. The molecule has 2 unspecified atom stereocenters. The first-order chi connectivity index (χ1) is 17.4. The molecule has 2 atom stereocenters. The molecule has 4 rings (SSSR count). The van der Waals surface area contributed by atoms with Crippen molar-refractivity contribution < 1.29 is 54.6 Å². The molecule has 0 aromatic heterocycles. The van der Waals surface area contributed by atoms with Crippen molar-refractivity contribution in [1.29, 1.82) is 0 Å². The summed E-state index contributed by atoms with van der Waals surface area (Å²) in [5, 5.41) is 0.451. The van der Waals surface area contributed by atoms with Gasteiger partial charge in [0.25, 0.3) is 0 Å². The van der Waals surface area contributed by atoms with Crippen LogP contribution in [0.4, 0.5) is 0 Å². The van der Waals surface area contributed by atoms with Gasteiger partial charge in [-0.25, -0.2) is 0 Å². The minimum atomic E-state index is -2.13. The van der Waals surface area contributed by atoms with Crippen LogP contribution in [0.25, 0.3) is 0 Å². The first-order valence-electron chi connectivity index (χ1n) is 15.6. The Kier molecular flexibility index (Phi) is 12.3. The van der Waals surface area contributed by atoms with E-state index in [9.17, 15) is 0 Å². The summed E-state index contributed by atoms with van der Waals surface area (Å²) in [5.41, 5.74) is 7.01. The normalized spacial score (nSPS) is 23.6. The van der Waals surface area contributed by atoms with E-state index in [4.69, 9.17) is 8.85 Å². The molecule has 0 heterocycles. The molecule has 4 aliphatic rings. The Bertz CT molecular complexity index is 981. The molecule has 0 aromatic rings. The van der Waals surface area contributed by atoms with E-state index < -0.39 is 43.5 Å². The number of halogens is 2. The van der Waals surface area contributed by atoms with E-state index in [1.165, 1.54) is 62.9 Å². The van der Waals surface area contributed by atoms with E-state index in [1.807, 2.05) is 11.1 Å². The number of hydrogen-bond acceptors (Lipinski definition) is 2. The van der Waals surface area contributed by atoms with Crippen molar-refractivity contribution in [3.05, 3.63) is 46.0 Å². The van der Waals surface area contributed by atoms with Crippen LogP contribution in [-0.4, -0.2) is 22.6 Å². The average Bonchev–Trinajstić information content (AvgIpc) is 3.30. The van der Waals surface area contributed by atoms with Crippen LogP contribution in [0.3, 0.4) is 0 Å². The quantitative estimate of drug-likeness (QED) is 0.354. The van der Waals surface area contributed by atoms with Crippen molar-refractivity contribution in [2.24, 2.45) is 0 Å². The molecule has 0 N–H and O–H groups in total. The zero-order valence-electron chi connectivity index (χ0n) is 27.6. The van der Waals surface area contributed by atoms with Gasteiger partial charge in [-0.3, -0.25) is 0 Å². The smallest absolute Gasteiger partial charge is 1.00 e. The minimum Gasteiger partial charge on any atom is -1.00 e. The Labute approximate surface area is 270 Å². The molecule has 8 heteroatoms. The van der Waals surface area contributed by atoms with Crippen molar-refractivity contribution in [3.8, 4) is 0 Å². The molecule has 227 valence electrons. The number of allylic oxidation sites excluding steroid dienone is 6. The SMILES string of the molecule is C[SiH](C)[Zr+2]([CH]1C(O[Si](C)(C)C(C)(C)C)=CC2=C1CCCC2)[CH]1C(O[Si](C)(C)C(C)(C)C)=CC2=C1CCCC2.[Cl-].[Cl-]. The van der Waals surface area contributed by atoms with E-state index in [-0.39, 0.29) is 34.9 Å². The van der Waals surface area contributed by atoms with Gasteiger partial charge in [-0.05, 0) is 0 Å². The molecule has 0 spiro atoms. The molecule has 0 aliphatic heterocycles. The predicted molar refractivity (Wildman–Crippen MR) is 170 cm³/mol. The molecule has 4 aliphatic carbocycles. The summed E-state index contributed by atoms with van der Waals surface area (Å²) >= 11 is -2.13. The molecule has 0 aromatic carbocycles. The fourth-order valence-electron chi connectivity index (χ4n) is 6.38. The third-order valence-corrected chi connectivity index (χ3v) is 40.9. The Morgan fingerprint density at radius 3 is 1.27 bits per heavy atom. The molecule has 40 heavy (non-hydrogen) atoms. The number of rotatable bonds is 7. The molecule has 0 fully saturated rings. The van der Waals surface area contributed by atoms with Gasteiger partial charge < -0.3 is 24.8 Å². The Morgan fingerprint density at radius 2 is 0.975 bits per heavy atom. The third kappa shape index (κ3) is 7.31. The van der Waals surface area contributed by atoms with Gasteiger partial charge in [0, 0.05) is 0 Å². The molecule has 0 saturated heterocycles. The van der Waals surface area contributed by atoms with E-state index in [0.717, 1.165) is 0 Å². The van der Waals surface area contributed by atoms with Crippen LogP contribution < -0.4 is 24.8 Å².